The van der Waals surface area contributed by atoms with Gasteiger partial charge in [0.25, 0.3) is 0 Å². The molecule has 1 amide bonds. The van der Waals surface area contributed by atoms with Crippen LogP contribution in [-0.2, 0) is 10.0 Å². The average molecular weight is 305 g/mol. The Morgan fingerprint density at radius 3 is 2.48 bits per heavy atom. The highest BCUT2D eigenvalue weighted by atomic mass is 32.2. The Hall–Kier alpha value is -2.41. The molecule has 0 saturated carbocycles. The van der Waals surface area contributed by atoms with Crippen molar-refractivity contribution in [2.45, 2.75) is 0 Å². The van der Waals surface area contributed by atoms with Gasteiger partial charge < -0.3 is 5.73 Å². The number of benzene rings is 1. The second-order valence-corrected chi connectivity index (χ2v) is 6.53. The summed E-state index contributed by atoms with van der Waals surface area (Å²) in [6.07, 6.45) is 2.64. The predicted molar refractivity (Wildman–Crippen MR) is 81.4 cm³/mol. The number of hydrogen-bond donors (Lipinski definition) is 1. The summed E-state index contributed by atoms with van der Waals surface area (Å²) in [6, 6.07) is 9.94. The summed E-state index contributed by atoms with van der Waals surface area (Å²) < 4.78 is 24.6. The van der Waals surface area contributed by atoms with Gasteiger partial charge in [0.15, 0.2) is 0 Å². The minimum absolute atomic E-state index is 0.291. The molecule has 1 aromatic heterocycles. The first kappa shape index (κ1) is 15.0. The van der Waals surface area contributed by atoms with E-state index < -0.39 is 15.9 Å². The van der Waals surface area contributed by atoms with Crippen LogP contribution in [0.4, 0.5) is 5.69 Å². The van der Waals surface area contributed by atoms with E-state index in [0.717, 1.165) is 10.6 Å². The Balaban J connectivity index is 2.70. The van der Waals surface area contributed by atoms with E-state index >= 15 is 0 Å². The normalized spacial score (nSPS) is 11.1. The van der Waals surface area contributed by atoms with Gasteiger partial charge in [-0.25, -0.2) is 8.42 Å². The van der Waals surface area contributed by atoms with E-state index in [0.29, 0.717) is 22.5 Å². The molecule has 0 fully saturated rings. The van der Waals surface area contributed by atoms with E-state index in [9.17, 15) is 13.2 Å². The largest absolute Gasteiger partial charge is 0.366 e. The van der Waals surface area contributed by atoms with E-state index in [1.54, 1.807) is 36.4 Å². The summed E-state index contributed by atoms with van der Waals surface area (Å²) in [5, 5.41) is 0. The number of pyridine rings is 1. The Kier molecular flexibility index (Phi) is 3.95. The van der Waals surface area contributed by atoms with Crippen LogP contribution in [0.15, 0.2) is 42.6 Å². The van der Waals surface area contributed by atoms with E-state index in [1.807, 2.05) is 0 Å². The lowest BCUT2D eigenvalue weighted by molar-refractivity contribution is 0.100. The first-order valence-corrected chi connectivity index (χ1v) is 7.95. The molecule has 0 spiro atoms. The quantitative estimate of drug-likeness (QED) is 0.919. The van der Waals surface area contributed by atoms with E-state index in [4.69, 9.17) is 5.73 Å². The Morgan fingerprint density at radius 1 is 1.19 bits per heavy atom. The molecule has 2 aromatic rings. The third-order valence-electron chi connectivity index (χ3n) is 3.07. The zero-order chi connectivity index (χ0) is 15.6. The minimum Gasteiger partial charge on any atom is -0.366 e. The molecule has 0 atom stereocenters. The van der Waals surface area contributed by atoms with Gasteiger partial charge in [-0.2, -0.15) is 0 Å². The number of nitrogens with zero attached hydrogens (tertiary/aromatic N) is 2. The van der Waals surface area contributed by atoms with Crippen molar-refractivity contribution in [2.75, 3.05) is 17.6 Å². The van der Waals surface area contributed by atoms with Gasteiger partial charge in [0.1, 0.15) is 0 Å². The molecule has 1 aromatic carbocycles. The molecule has 2 rings (SSSR count). The zero-order valence-corrected chi connectivity index (χ0v) is 12.5. The number of carbonyl (C=O) groups is 1. The third kappa shape index (κ3) is 3.03. The summed E-state index contributed by atoms with van der Waals surface area (Å²) in [5.74, 6) is -0.593. The molecular formula is C14H15N3O3S. The van der Waals surface area contributed by atoms with Crippen LogP contribution >= 0.6 is 0 Å². The average Bonchev–Trinajstić information content (AvgIpc) is 2.45. The van der Waals surface area contributed by atoms with Crippen LogP contribution in [0.25, 0.3) is 11.3 Å². The van der Waals surface area contributed by atoms with E-state index in [-0.39, 0.29) is 0 Å². The van der Waals surface area contributed by atoms with Gasteiger partial charge in [-0.3, -0.25) is 14.1 Å². The predicted octanol–water partition coefficient (Wildman–Crippen LogP) is 1.24. The summed E-state index contributed by atoms with van der Waals surface area (Å²) >= 11 is 0. The molecule has 2 N–H and O–H groups in total. The maximum Gasteiger partial charge on any atom is 0.249 e. The number of rotatable bonds is 4. The van der Waals surface area contributed by atoms with Gasteiger partial charge in [0.2, 0.25) is 15.9 Å². The third-order valence-corrected chi connectivity index (χ3v) is 4.26. The van der Waals surface area contributed by atoms with Gasteiger partial charge in [-0.15, -0.1) is 0 Å². The molecule has 21 heavy (non-hydrogen) atoms. The molecular weight excluding hydrogens is 290 g/mol. The fourth-order valence-corrected chi connectivity index (χ4v) is 2.45. The number of amides is 1. The van der Waals surface area contributed by atoms with Crippen LogP contribution in [0.2, 0.25) is 0 Å². The second-order valence-electron chi connectivity index (χ2n) is 4.51. The molecule has 1 heterocycles. The van der Waals surface area contributed by atoms with Crippen molar-refractivity contribution >= 4 is 21.6 Å². The maximum absolute atomic E-state index is 11.7. The van der Waals surface area contributed by atoms with E-state index in [1.165, 1.54) is 13.2 Å². The molecule has 0 aliphatic heterocycles. The lowest BCUT2D eigenvalue weighted by Crippen LogP contribution is -2.25. The Morgan fingerprint density at radius 2 is 1.86 bits per heavy atom. The van der Waals surface area contributed by atoms with Crippen LogP contribution in [-0.4, -0.2) is 32.6 Å². The monoisotopic (exact) mass is 305 g/mol. The van der Waals surface area contributed by atoms with Gasteiger partial charge in [-0.1, -0.05) is 18.2 Å². The number of anilines is 1. The zero-order valence-electron chi connectivity index (χ0n) is 11.6. The second kappa shape index (κ2) is 5.53. The summed E-state index contributed by atoms with van der Waals surface area (Å²) in [5.41, 5.74) is 6.92. The van der Waals surface area contributed by atoms with Crippen molar-refractivity contribution in [3.05, 3.63) is 48.2 Å². The molecule has 0 aliphatic carbocycles. The minimum atomic E-state index is -3.44. The van der Waals surface area contributed by atoms with E-state index in [2.05, 4.69) is 4.98 Å². The number of carbonyl (C=O) groups excluding carboxylic acids is 1. The molecule has 0 unspecified atom stereocenters. The van der Waals surface area contributed by atoms with Crippen molar-refractivity contribution in [3.8, 4) is 11.3 Å². The first-order valence-electron chi connectivity index (χ1n) is 6.10. The van der Waals surface area contributed by atoms with Crippen molar-refractivity contribution in [3.63, 3.8) is 0 Å². The van der Waals surface area contributed by atoms with Crippen molar-refractivity contribution < 1.29 is 13.2 Å². The van der Waals surface area contributed by atoms with Crippen molar-refractivity contribution in [1.82, 2.24) is 4.98 Å². The highest BCUT2D eigenvalue weighted by molar-refractivity contribution is 7.92. The summed E-state index contributed by atoms with van der Waals surface area (Å²) in [4.78, 5) is 15.7. The molecule has 0 radical (unpaired) electrons. The maximum atomic E-state index is 11.7. The van der Waals surface area contributed by atoms with Gasteiger partial charge >= 0.3 is 0 Å². The number of aromatic nitrogens is 1. The summed E-state index contributed by atoms with van der Waals surface area (Å²) in [6.45, 7) is 0. The highest BCUT2D eigenvalue weighted by Gasteiger charge is 2.20. The van der Waals surface area contributed by atoms with Gasteiger partial charge in [0, 0.05) is 24.4 Å². The van der Waals surface area contributed by atoms with Crippen LogP contribution in [0.3, 0.4) is 0 Å². The molecule has 0 saturated heterocycles. The number of sulfonamides is 1. The number of primary amides is 1. The lowest BCUT2D eigenvalue weighted by Gasteiger charge is -2.20. The standard InChI is InChI=1S/C14H15N3O3S/c1-17(21(2,19)20)12-8-5-9-16-13(12)10-6-3-4-7-11(10)14(15)18/h3-9H,1-2H3,(H2,15,18). The molecule has 0 aliphatic rings. The first-order chi connectivity index (χ1) is 9.82. The summed E-state index contributed by atoms with van der Waals surface area (Å²) in [7, 11) is -2.01. The van der Waals surface area contributed by atoms with Crippen LogP contribution in [0, 0.1) is 0 Å². The van der Waals surface area contributed by atoms with Crippen LogP contribution < -0.4 is 10.0 Å². The number of hydrogen-bond acceptors (Lipinski definition) is 4. The lowest BCUT2D eigenvalue weighted by atomic mass is 10.0. The number of nitrogens with two attached hydrogens (primary N) is 1. The molecule has 6 nitrogen and oxygen atoms in total. The van der Waals surface area contributed by atoms with Gasteiger partial charge in [-0.05, 0) is 18.2 Å². The van der Waals surface area contributed by atoms with Crippen molar-refractivity contribution in [1.29, 1.82) is 0 Å². The molecule has 7 heteroatoms. The topological polar surface area (TPSA) is 93.4 Å². The molecule has 110 valence electrons. The highest BCUT2D eigenvalue weighted by Crippen LogP contribution is 2.31. The fraction of sp³-hybridized carbons (Fsp3) is 0.143. The Labute approximate surface area is 123 Å². The Bertz CT molecular complexity index is 788. The van der Waals surface area contributed by atoms with Crippen LogP contribution in [0.5, 0.6) is 0 Å². The van der Waals surface area contributed by atoms with Crippen LogP contribution in [0.1, 0.15) is 10.4 Å². The molecule has 0 bridgehead atoms. The van der Waals surface area contributed by atoms with Crippen molar-refractivity contribution in [2.24, 2.45) is 5.73 Å². The van der Waals surface area contributed by atoms with Gasteiger partial charge in [0.05, 0.1) is 17.6 Å². The smallest absolute Gasteiger partial charge is 0.249 e. The fourth-order valence-electron chi connectivity index (χ4n) is 1.94. The SMILES string of the molecule is CN(c1cccnc1-c1ccccc1C(N)=O)S(C)(=O)=O.